The van der Waals surface area contributed by atoms with Crippen LogP contribution in [-0.2, 0) is 6.54 Å². The number of aromatic amines is 1. The maximum atomic E-state index is 11.1. The van der Waals surface area contributed by atoms with Crippen molar-refractivity contribution in [2.45, 2.75) is 38.4 Å². The summed E-state index contributed by atoms with van der Waals surface area (Å²) in [5, 5.41) is 7.20. The highest BCUT2D eigenvalue weighted by atomic mass is 32.2. The Morgan fingerprint density at radius 1 is 1.54 bits per heavy atom. The Morgan fingerprint density at radius 2 is 2.31 bits per heavy atom. The van der Waals surface area contributed by atoms with E-state index in [1.54, 1.807) is 16.3 Å². The standard InChI is InChI=1S/C8H15N3OS/c1-3-5-6-13-8-10-9-7(12)11(8)4-2/h3-6H2,1-2H3,(H,9,12). The highest BCUT2D eigenvalue weighted by molar-refractivity contribution is 7.99. The number of hydrogen-bond acceptors (Lipinski definition) is 3. The van der Waals surface area contributed by atoms with E-state index in [0.29, 0.717) is 6.54 Å². The lowest BCUT2D eigenvalue weighted by Gasteiger charge is -2.00. The number of aromatic nitrogens is 3. The Hall–Kier alpha value is -0.710. The third kappa shape index (κ3) is 2.62. The normalized spacial score (nSPS) is 10.6. The molecule has 13 heavy (non-hydrogen) atoms. The van der Waals surface area contributed by atoms with Gasteiger partial charge in [-0.3, -0.25) is 4.57 Å². The third-order valence-corrected chi connectivity index (χ3v) is 2.83. The minimum absolute atomic E-state index is 0.110. The average molecular weight is 201 g/mol. The molecule has 0 amide bonds. The van der Waals surface area contributed by atoms with Crippen molar-refractivity contribution in [2.75, 3.05) is 5.75 Å². The summed E-state index contributed by atoms with van der Waals surface area (Å²) in [5.41, 5.74) is -0.110. The molecule has 0 saturated heterocycles. The van der Waals surface area contributed by atoms with Crippen molar-refractivity contribution < 1.29 is 0 Å². The fourth-order valence-electron chi connectivity index (χ4n) is 1.00. The van der Waals surface area contributed by atoms with Crippen molar-refractivity contribution in [3.8, 4) is 0 Å². The minimum Gasteiger partial charge on any atom is -0.270 e. The lowest BCUT2D eigenvalue weighted by Crippen LogP contribution is -2.16. The second-order valence-electron chi connectivity index (χ2n) is 2.76. The van der Waals surface area contributed by atoms with E-state index < -0.39 is 0 Å². The lowest BCUT2D eigenvalue weighted by atomic mass is 10.4. The van der Waals surface area contributed by atoms with Gasteiger partial charge in [-0.2, -0.15) is 0 Å². The first kappa shape index (κ1) is 10.4. The van der Waals surface area contributed by atoms with Crippen LogP contribution in [0.5, 0.6) is 0 Å². The van der Waals surface area contributed by atoms with Gasteiger partial charge in [-0.25, -0.2) is 9.89 Å². The van der Waals surface area contributed by atoms with Gasteiger partial charge in [0, 0.05) is 12.3 Å². The molecule has 4 nitrogen and oxygen atoms in total. The van der Waals surface area contributed by atoms with Gasteiger partial charge in [-0.05, 0) is 13.3 Å². The van der Waals surface area contributed by atoms with E-state index in [-0.39, 0.29) is 5.69 Å². The summed E-state index contributed by atoms with van der Waals surface area (Å²) in [4.78, 5) is 11.1. The quantitative estimate of drug-likeness (QED) is 0.580. The van der Waals surface area contributed by atoms with Crippen molar-refractivity contribution in [1.82, 2.24) is 14.8 Å². The van der Waals surface area contributed by atoms with Gasteiger partial charge in [-0.15, -0.1) is 5.10 Å². The molecule has 5 heteroatoms. The highest BCUT2D eigenvalue weighted by Crippen LogP contribution is 2.14. The summed E-state index contributed by atoms with van der Waals surface area (Å²) in [7, 11) is 0. The molecule has 0 atom stereocenters. The molecule has 1 aromatic rings. The Morgan fingerprint density at radius 3 is 2.92 bits per heavy atom. The molecular weight excluding hydrogens is 186 g/mol. The molecule has 0 aromatic carbocycles. The van der Waals surface area contributed by atoms with Gasteiger partial charge in [0.1, 0.15) is 0 Å². The maximum absolute atomic E-state index is 11.1. The summed E-state index contributed by atoms with van der Waals surface area (Å²) in [5.74, 6) is 1.03. The van der Waals surface area contributed by atoms with Gasteiger partial charge in [0.25, 0.3) is 0 Å². The van der Waals surface area contributed by atoms with Gasteiger partial charge in [0.05, 0.1) is 0 Å². The monoisotopic (exact) mass is 201 g/mol. The van der Waals surface area contributed by atoms with Crippen molar-refractivity contribution in [2.24, 2.45) is 0 Å². The van der Waals surface area contributed by atoms with E-state index in [0.717, 1.165) is 17.3 Å². The van der Waals surface area contributed by atoms with Crippen LogP contribution in [0.2, 0.25) is 0 Å². The van der Waals surface area contributed by atoms with Gasteiger partial charge < -0.3 is 0 Å². The third-order valence-electron chi connectivity index (χ3n) is 1.77. The van der Waals surface area contributed by atoms with Crippen molar-refractivity contribution >= 4 is 11.8 Å². The van der Waals surface area contributed by atoms with Crippen LogP contribution in [0.25, 0.3) is 0 Å². The molecule has 0 bridgehead atoms. The molecule has 1 N–H and O–H groups in total. The van der Waals surface area contributed by atoms with E-state index in [4.69, 9.17) is 0 Å². The summed E-state index contributed by atoms with van der Waals surface area (Å²) in [6, 6.07) is 0. The molecule has 74 valence electrons. The summed E-state index contributed by atoms with van der Waals surface area (Å²) in [6.07, 6.45) is 2.34. The molecule has 1 aromatic heterocycles. The van der Waals surface area contributed by atoms with Crippen LogP contribution in [-0.4, -0.2) is 20.5 Å². The molecular formula is C8H15N3OS. The Kier molecular flexibility index (Phi) is 4.08. The van der Waals surface area contributed by atoms with E-state index >= 15 is 0 Å². The lowest BCUT2D eigenvalue weighted by molar-refractivity contribution is 0.660. The highest BCUT2D eigenvalue weighted by Gasteiger charge is 2.05. The van der Waals surface area contributed by atoms with Crippen molar-refractivity contribution in [3.05, 3.63) is 10.5 Å². The molecule has 0 unspecified atom stereocenters. The molecule has 1 heterocycles. The van der Waals surface area contributed by atoms with E-state index in [9.17, 15) is 4.79 Å². The summed E-state index contributed by atoms with van der Waals surface area (Å²) < 4.78 is 1.65. The molecule has 1 rings (SSSR count). The second-order valence-corrected chi connectivity index (χ2v) is 3.82. The molecule has 0 aliphatic rings. The minimum atomic E-state index is -0.110. The number of unbranched alkanes of at least 4 members (excludes halogenated alkanes) is 1. The van der Waals surface area contributed by atoms with Crippen LogP contribution >= 0.6 is 11.8 Å². The molecule has 0 aliphatic heterocycles. The fraction of sp³-hybridized carbons (Fsp3) is 0.750. The van der Waals surface area contributed by atoms with Crippen LogP contribution < -0.4 is 5.69 Å². The largest absolute Gasteiger partial charge is 0.343 e. The first-order valence-electron chi connectivity index (χ1n) is 4.57. The number of rotatable bonds is 5. The predicted octanol–water partition coefficient (Wildman–Crippen LogP) is 1.48. The van der Waals surface area contributed by atoms with Crippen molar-refractivity contribution in [1.29, 1.82) is 0 Å². The molecule has 0 spiro atoms. The van der Waals surface area contributed by atoms with Gasteiger partial charge in [-0.1, -0.05) is 25.1 Å². The average Bonchev–Trinajstić information content (AvgIpc) is 2.47. The fourth-order valence-corrected chi connectivity index (χ4v) is 2.09. The second kappa shape index (κ2) is 5.11. The number of thioether (sulfide) groups is 1. The SMILES string of the molecule is CCCCSc1n[nH]c(=O)n1CC. The Bertz CT molecular complexity index is 305. The molecule has 0 fully saturated rings. The number of nitrogens with zero attached hydrogens (tertiary/aromatic N) is 2. The first-order chi connectivity index (χ1) is 6.29. The predicted molar refractivity (Wildman–Crippen MR) is 54.2 cm³/mol. The number of H-pyrrole nitrogens is 1. The zero-order valence-corrected chi connectivity index (χ0v) is 8.86. The topological polar surface area (TPSA) is 50.7 Å². The van der Waals surface area contributed by atoms with Crippen LogP contribution in [0.1, 0.15) is 26.7 Å². The van der Waals surface area contributed by atoms with E-state index in [1.165, 1.54) is 6.42 Å². The maximum Gasteiger partial charge on any atom is 0.343 e. The zero-order valence-electron chi connectivity index (χ0n) is 8.04. The Balaban J connectivity index is 2.60. The van der Waals surface area contributed by atoms with Crippen molar-refractivity contribution in [3.63, 3.8) is 0 Å². The smallest absolute Gasteiger partial charge is 0.270 e. The summed E-state index contributed by atoms with van der Waals surface area (Å²) >= 11 is 1.64. The number of nitrogens with one attached hydrogen (secondary N) is 1. The molecule has 0 saturated carbocycles. The molecule has 0 aliphatic carbocycles. The zero-order chi connectivity index (χ0) is 9.68. The van der Waals surface area contributed by atoms with E-state index in [2.05, 4.69) is 17.1 Å². The van der Waals surface area contributed by atoms with Gasteiger partial charge >= 0.3 is 5.69 Å². The van der Waals surface area contributed by atoms with Crippen LogP contribution in [0, 0.1) is 0 Å². The Labute approximate surface area is 81.7 Å². The molecule has 0 radical (unpaired) electrons. The van der Waals surface area contributed by atoms with Gasteiger partial charge in [0.15, 0.2) is 5.16 Å². The van der Waals surface area contributed by atoms with Crippen LogP contribution in [0.4, 0.5) is 0 Å². The first-order valence-corrected chi connectivity index (χ1v) is 5.56. The van der Waals surface area contributed by atoms with Gasteiger partial charge in [0.2, 0.25) is 0 Å². The number of hydrogen-bond donors (Lipinski definition) is 1. The van der Waals surface area contributed by atoms with E-state index in [1.807, 2.05) is 6.92 Å². The van der Waals surface area contributed by atoms with Crippen LogP contribution in [0.15, 0.2) is 9.95 Å². The van der Waals surface area contributed by atoms with Crippen LogP contribution in [0.3, 0.4) is 0 Å². The summed E-state index contributed by atoms with van der Waals surface area (Å²) in [6.45, 7) is 4.78.